The van der Waals surface area contributed by atoms with Gasteiger partial charge >= 0.3 is 5.69 Å². The average Bonchev–Trinajstić information content (AvgIpc) is 2.28. The number of H-pyrrole nitrogens is 2. The van der Waals surface area contributed by atoms with E-state index in [9.17, 15) is 9.59 Å². The Morgan fingerprint density at radius 3 is 2.71 bits per heavy atom. The van der Waals surface area contributed by atoms with Crippen molar-refractivity contribution in [2.45, 2.75) is 6.92 Å². The summed E-state index contributed by atoms with van der Waals surface area (Å²) in [5.41, 5.74) is 1.01. The second kappa shape index (κ2) is 3.28. The number of hydrogen-bond donors (Lipinski definition) is 2. The maximum Gasteiger partial charge on any atom is 0.326 e. The Kier molecular flexibility index (Phi) is 1.89. The number of para-hydroxylation sites is 1. The van der Waals surface area contributed by atoms with Crippen molar-refractivity contribution >= 4 is 21.8 Å². The number of aromatic amines is 2. The topological polar surface area (TPSA) is 78.6 Å². The lowest BCUT2D eigenvalue weighted by molar-refractivity contribution is 1.07. The monoisotopic (exact) mass is 227 g/mol. The van der Waals surface area contributed by atoms with Crippen molar-refractivity contribution in [3.63, 3.8) is 0 Å². The molecule has 17 heavy (non-hydrogen) atoms. The molecule has 0 bridgehead atoms. The maximum atomic E-state index is 11.7. The van der Waals surface area contributed by atoms with Crippen LogP contribution in [0.1, 0.15) is 5.69 Å². The van der Waals surface area contributed by atoms with E-state index in [0.717, 1.165) is 10.9 Å². The number of rotatable bonds is 0. The first-order chi connectivity index (χ1) is 8.16. The Balaban J connectivity index is 2.75. The summed E-state index contributed by atoms with van der Waals surface area (Å²) in [7, 11) is 0. The van der Waals surface area contributed by atoms with Crippen molar-refractivity contribution in [3.8, 4) is 0 Å². The summed E-state index contributed by atoms with van der Waals surface area (Å²) < 4.78 is 0. The van der Waals surface area contributed by atoms with Crippen LogP contribution in [-0.2, 0) is 0 Å². The van der Waals surface area contributed by atoms with Gasteiger partial charge in [0.15, 0.2) is 0 Å². The van der Waals surface area contributed by atoms with Gasteiger partial charge in [-0.3, -0.25) is 14.8 Å². The van der Waals surface area contributed by atoms with Crippen LogP contribution in [0.15, 0.2) is 33.9 Å². The molecule has 2 N–H and O–H groups in total. The summed E-state index contributed by atoms with van der Waals surface area (Å²) >= 11 is 0. The third-order valence-electron chi connectivity index (χ3n) is 2.77. The first kappa shape index (κ1) is 9.77. The van der Waals surface area contributed by atoms with Gasteiger partial charge in [0.25, 0.3) is 5.56 Å². The van der Waals surface area contributed by atoms with E-state index in [4.69, 9.17) is 0 Å². The fourth-order valence-electron chi connectivity index (χ4n) is 2.05. The molecule has 0 saturated heterocycles. The number of fused-ring (bicyclic) bond motifs is 3. The van der Waals surface area contributed by atoms with Crippen LogP contribution in [0.25, 0.3) is 21.8 Å². The lowest BCUT2D eigenvalue weighted by atomic mass is 10.1. The van der Waals surface area contributed by atoms with Crippen LogP contribution < -0.4 is 11.2 Å². The van der Waals surface area contributed by atoms with Crippen LogP contribution in [0.3, 0.4) is 0 Å². The molecule has 0 saturated carbocycles. The van der Waals surface area contributed by atoms with Crippen molar-refractivity contribution in [2.75, 3.05) is 0 Å². The Hall–Kier alpha value is -2.43. The first-order valence-corrected chi connectivity index (χ1v) is 5.18. The Morgan fingerprint density at radius 1 is 1.12 bits per heavy atom. The van der Waals surface area contributed by atoms with E-state index in [1.54, 1.807) is 6.92 Å². The molecule has 0 atom stereocenters. The van der Waals surface area contributed by atoms with Gasteiger partial charge in [-0.2, -0.15) is 0 Å². The van der Waals surface area contributed by atoms with Gasteiger partial charge in [0.2, 0.25) is 0 Å². The molecular weight excluding hydrogens is 218 g/mol. The van der Waals surface area contributed by atoms with E-state index in [0.29, 0.717) is 16.6 Å². The van der Waals surface area contributed by atoms with E-state index in [1.165, 1.54) is 0 Å². The molecule has 1 aromatic carbocycles. The molecule has 0 fully saturated rings. The maximum absolute atomic E-state index is 11.7. The minimum absolute atomic E-state index is 0.403. The zero-order valence-electron chi connectivity index (χ0n) is 9.07. The quantitative estimate of drug-likeness (QED) is 0.564. The molecule has 0 aliphatic carbocycles. The van der Waals surface area contributed by atoms with Crippen molar-refractivity contribution in [2.24, 2.45) is 0 Å². The van der Waals surface area contributed by atoms with E-state index < -0.39 is 11.2 Å². The van der Waals surface area contributed by atoms with E-state index >= 15 is 0 Å². The average molecular weight is 227 g/mol. The van der Waals surface area contributed by atoms with Gasteiger partial charge in [-0.15, -0.1) is 0 Å². The lowest BCUT2D eigenvalue weighted by Gasteiger charge is -2.04. The molecule has 0 aliphatic heterocycles. The van der Waals surface area contributed by atoms with Gasteiger partial charge in [0, 0.05) is 5.39 Å². The predicted molar refractivity (Wildman–Crippen MR) is 65.2 cm³/mol. The Bertz CT molecular complexity index is 846. The minimum atomic E-state index is -0.502. The summed E-state index contributed by atoms with van der Waals surface area (Å²) in [6, 6.07) is 7.39. The summed E-state index contributed by atoms with van der Waals surface area (Å²) in [5.74, 6) is 0. The summed E-state index contributed by atoms with van der Waals surface area (Å²) in [6.07, 6.45) is 0. The van der Waals surface area contributed by atoms with Crippen LogP contribution in [0, 0.1) is 6.92 Å². The van der Waals surface area contributed by atoms with Crippen LogP contribution >= 0.6 is 0 Å². The summed E-state index contributed by atoms with van der Waals surface area (Å²) in [4.78, 5) is 32.3. The van der Waals surface area contributed by atoms with E-state index in [-0.39, 0.29) is 0 Å². The molecule has 0 aliphatic rings. The first-order valence-electron chi connectivity index (χ1n) is 5.18. The summed E-state index contributed by atoms with van der Waals surface area (Å²) in [6.45, 7) is 1.75. The van der Waals surface area contributed by atoms with Gasteiger partial charge in [0.1, 0.15) is 0 Å². The van der Waals surface area contributed by atoms with Crippen molar-refractivity contribution in [3.05, 3.63) is 50.8 Å². The van der Waals surface area contributed by atoms with Gasteiger partial charge in [-0.25, -0.2) is 4.79 Å². The molecule has 3 aromatic rings. The fourth-order valence-corrected chi connectivity index (χ4v) is 2.05. The zero-order valence-corrected chi connectivity index (χ0v) is 9.07. The smallest absolute Gasteiger partial charge is 0.306 e. The fraction of sp³-hybridized carbons (Fsp3) is 0.0833. The number of aromatic nitrogens is 3. The number of pyridine rings is 1. The standard InChI is InChI=1S/C12H9N3O2/c1-6-9-10(14-12(17)15-11(9)16)7-4-2-3-5-8(7)13-6/h2-5H,1H3,(H2,14,15,16,17). The molecule has 0 unspecified atom stereocenters. The SMILES string of the molecule is Cc1nc2ccccc2c2[nH]c(=O)[nH]c(=O)c12. The molecule has 0 radical (unpaired) electrons. The number of nitrogens with one attached hydrogen (secondary N) is 2. The predicted octanol–water partition coefficient (Wildman–Crippen LogP) is 1.07. The van der Waals surface area contributed by atoms with Crippen LogP contribution in [0.4, 0.5) is 0 Å². The molecule has 5 heteroatoms. The van der Waals surface area contributed by atoms with Crippen LogP contribution in [0.2, 0.25) is 0 Å². The molecule has 5 nitrogen and oxygen atoms in total. The molecule has 2 heterocycles. The zero-order chi connectivity index (χ0) is 12.0. The van der Waals surface area contributed by atoms with Crippen LogP contribution in [0.5, 0.6) is 0 Å². The van der Waals surface area contributed by atoms with E-state index in [2.05, 4.69) is 15.0 Å². The highest BCUT2D eigenvalue weighted by Crippen LogP contribution is 2.20. The molecule has 84 valence electrons. The van der Waals surface area contributed by atoms with Crippen LogP contribution in [-0.4, -0.2) is 15.0 Å². The van der Waals surface area contributed by atoms with Crippen molar-refractivity contribution < 1.29 is 0 Å². The highest BCUT2D eigenvalue weighted by Gasteiger charge is 2.09. The minimum Gasteiger partial charge on any atom is -0.306 e. The molecular formula is C12H9N3O2. The molecule has 0 amide bonds. The van der Waals surface area contributed by atoms with Crippen molar-refractivity contribution in [1.82, 2.24) is 15.0 Å². The molecule has 0 spiro atoms. The highest BCUT2D eigenvalue weighted by molar-refractivity contribution is 6.03. The third-order valence-corrected chi connectivity index (χ3v) is 2.77. The highest BCUT2D eigenvalue weighted by atomic mass is 16.2. The number of aryl methyl sites for hydroxylation is 1. The van der Waals surface area contributed by atoms with Crippen molar-refractivity contribution in [1.29, 1.82) is 0 Å². The third kappa shape index (κ3) is 1.36. The Labute approximate surface area is 95.1 Å². The normalized spacial score (nSPS) is 11.1. The second-order valence-electron chi connectivity index (χ2n) is 3.87. The number of benzene rings is 1. The van der Waals surface area contributed by atoms with E-state index in [1.807, 2.05) is 24.3 Å². The summed E-state index contributed by atoms with van der Waals surface area (Å²) in [5, 5.41) is 1.21. The van der Waals surface area contributed by atoms with Gasteiger partial charge < -0.3 is 4.98 Å². The largest absolute Gasteiger partial charge is 0.326 e. The lowest BCUT2D eigenvalue weighted by Crippen LogP contribution is -2.22. The van der Waals surface area contributed by atoms with Gasteiger partial charge in [-0.1, -0.05) is 18.2 Å². The molecule has 3 rings (SSSR count). The van der Waals surface area contributed by atoms with Gasteiger partial charge in [0.05, 0.1) is 22.1 Å². The number of hydrogen-bond acceptors (Lipinski definition) is 3. The Morgan fingerprint density at radius 2 is 1.88 bits per heavy atom. The van der Waals surface area contributed by atoms with Gasteiger partial charge in [-0.05, 0) is 13.0 Å². The second-order valence-corrected chi connectivity index (χ2v) is 3.87. The number of nitrogens with zero attached hydrogens (tertiary/aromatic N) is 1. The molecule has 2 aromatic heterocycles.